The lowest BCUT2D eigenvalue weighted by atomic mass is 9.91. The minimum atomic E-state index is -2.79. The van der Waals surface area contributed by atoms with Crippen LogP contribution in [0.1, 0.15) is 37.3 Å². The maximum Gasteiger partial charge on any atom is 0.417 e. The molecule has 3 aromatic rings. The van der Waals surface area contributed by atoms with Crippen LogP contribution in [0.5, 0.6) is 0 Å². The number of alkyl halides is 2. The Kier molecular flexibility index (Phi) is 8.42. The van der Waals surface area contributed by atoms with Gasteiger partial charge in [0.2, 0.25) is 17.8 Å². The zero-order chi connectivity index (χ0) is 29.1. The lowest BCUT2D eigenvalue weighted by Crippen LogP contribution is -2.54. The summed E-state index contributed by atoms with van der Waals surface area (Å²) in [6.07, 6.45) is 1.33. The predicted octanol–water partition coefficient (Wildman–Crippen LogP) is 5.01. The van der Waals surface area contributed by atoms with E-state index in [0.717, 1.165) is 15.9 Å². The minimum absolute atomic E-state index is 0.0539. The number of carbonyl (C=O) groups is 3. The number of hydrogen-bond donors (Lipinski definition) is 1. The molecule has 1 saturated heterocycles. The molecule has 1 saturated carbocycles. The number of hydrogen-bond acceptors (Lipinski definition) is 6. The number of rotatable bonds is 7. The number of nitrogens with zero attached hydrogens (tertiary/aromatic N) is 4. The quantitative estimate of drug-likeness (QED) is 0.352. The second kappa shape index (κ2) is 12.0. The summed E-state index contributed by atoms with van der Waals surface area (Å²) in [4.78, 5) is 51.4. The molecule has 1 aromatic heterocycles. The van der Waals surface area contributed by atoms with Crippen molar-refractivity contribution in [3.63, 3.8) is 0 Å². The predicted molar refractivity (Wildman–Crippen MR) is 151 cm³/mol. The molecule has 2 heterocycles. The van der Waals surface area contributed by atoms with Gasteiger partial charge in [0, 0.05) is 40.5 Å². The molecule has 13 heteroatoms. The van der Waals surface area contributed by atoms with Gasteiger partial charge in [-0.05, 0) is 71.3 Å². The molecule has 9 nitrogen and oxygen atoms in total. The maximum absolute atomic E-state index is 14.5. The van der Waals surface area contributed by atoms with Crippen molar-refractivity contribution in [2.24, 2.45) is 0 Å². The lowest BCUT2D eigenvalue weighted by Gasteiger charge is -2.36. The first-order valence-corrected chi connectivity index (χ1v) is 14.0. The summed E-state index contributed by atoms with van der Waals surface area (Å²) in [5, 5.41) is 2.84. The van der Waals surface area contributed by atoms with Gasteiger partial charge in [0.1, 0.15) is 18.5 Å². The molecule has 0 radical (unpaired) electrons. The third-order valence-electron chi connectivity index (χ3n) is 7.02. The van der Waals surface area contributed by atoms with Crippen LogP contribution in [-0.4, -0.2) is 52.5 Å². The van der Waals surface area contributed by atoms with Crippen molar-refractivity contribution < 1.29 is 32.3 Å². The zero-order valence-electron chi connectivity index (χ0n) is 21.6. The molecule has 2 fully saturated rings. The van der Waals surface area contributed by atoms with Crippen LogP contribution in [-0.2, 0) is 14.3 Å². The normalized spacial score (nSPS) is 19.4. The first-order valence-electron chi connectivity index (χ1n) is 12.9. The van der Waals surface area contributed by atoms with Gasteiger partial charge in [0.05, 0.1) is 0 Å². The highest BCUT2D eigenvalue weighted by Crippen LogP contribution is 2.36. The van der Waals surface area contributed by atoms with Gasteiger partial charge >= 0.3 is 6.09 Å². The van der Waals surface area contributed by atoms with E-state index in [4.69, 9.17) is 4.74 Å². The van der Waals surface area contributed by atoms with Crippen LogP contribution in [0.15, 0.2) is 67.0 Å². The van der Waals surface area contributed by atoms with Gasteiger partial charge < -0.3 is 10.1 Å². The average molecular weight is 679 g/mol. The molecule has 0 spiro atoms. The monoisotopic (exact) mass is 679 g/mol. The van der Waals surface area contributed by atoms with Gasteiger partial charge in [0.15, 0.2) is 6.04 Å². The SMILES string of the molecule is O=C(NC1CCC(F)(F)CC1)[C@H](c1ccccc1I)N(C(=O)[C@@H]1COC(=O)N1c1ncccn1)c1cccc(F)c1. The fourth-order valence-electron chi connectivity index (χ4n) is 4.99. The van der Waals surface area contributed by atoms with Crippen molar-refractivity contribution in [3.8, 4) is 0 Å². The topological polar surface area (TPSA) is 105 Å². The summed E-state index contributed by atoms with van der Waals surface area (Å²) in [7, 11) is 0. The third kappa shape index (κ3) is 6.29. The Bertz CT molecular complexity index is 1440. The Hall–Kier alpha value is -3.75. The summed E-state index contributed by atoms with van der Waals surface area (Å²) in [5.74, 6) is -4.90. The number of nitrogens with one attached hydrogen (secondary N) is 1. The Morgan fingerprint density at radius 1 is 1.07 bits per heavy atom. The Morgan fingerprint density at radius 3 is 2.46 bits per heavy atom. The van der Waals surface area contributed by atoms with Crippen LogP contribution >= 0.6 is 22.6 Å². The van der Waals surface area contributed by atoms with E-state index in [0.29, 0.717) is 9.13 Å². The highest BCUT2D eigenvalue weighted by molar-refractivity contribution is 14.1. The van der Waals surface area contributed by atoms with E-state index >= 15 is 0 Å². The lowest BCUT2D eigenvalue weighted by molar-refractivity contribution is -0.128. The molecular formula is C28H25F3IN5O4. The average Bonchev–Trinajstić information content (AvgIpc) is 3.34. The molecule has 1 aliphatic heterocycles. The van der Waals surface area contributed by atoms with Crippen molar-refractivity contribution in [2.45, 2.75) is 49.7 Å². The summed E-state index contributed by atoms with van der Waals surface area (Å²) in [6.45, 7) is -0.361. The highest BCUT2D eigenvalue weighted by Gasteiger charge is 2.47. The van der Waals surface area contributed by atoms with Gasteiger partial charge in [-0.25, -0.2) is 32.8 Å². The van der Waals surface area contributed by atoms with Gasteiger partial charge in [-0.1, -0.05) is 24.3 Å². The van der Waals surface area contributed by atoms with Crippen molar-refractivity contribution >= 4 is 52.1 Å². The highest BCUT2D eigenvalue weighted by atomic mass is 127. The Labute approximate surface area is 247 Å². The number of ether oxygens (including phenoxy) is 1. The number of anilines is 2. The molecule has 2 aromatic carbocycles. The fraction of sp³-hybridized carbons (Fsp3) is 0.321. The molecule has 2 atom stereocenters. The molecular weight excluding hydrogens is 654 g/mol. The van der Waals surface area contributed by atoms with Crippen molar-refractivity contribution in [1.29, 1.82) is 0 Å². The zero-order valence-corrected chi connectivity index (χ0v) is 23.7. The Morgan fingerprint density at radius 2 is 1.78 bits per heavy atom. The molecule has 1 N–H and O–H groups in total. The second-order valence-corrected chi connectivity index (χ2v) is 10.9. The summed E-state index contributed by atoms with van der Waals surface area (Å²) >= 11 is 2.03. The van der Waals surface area contributed by atoms with E-state index in [2.05, 4.69) is 15.3 Å². The molecule has 0 unspecified atom stereocenters. The van der Waals surface area contributed by atoms with E-state index in [1.165, 1.54) is 30.6 Å². The molecule has 1 aliphatic carbocycles. The number of halogens is 4. The van der Waals surface area contributed by atoms with E-state index in [9.17, 15) is 27.6 Å². The van der Waals surface area contributed by atoms with Gasteiger partial charge in [-0.15, -0.1) is 0 Å². The summed E-state index contributed by atoms with van der Waals surface area (Å²) < 4.78 is 48.0. The number of aromatic nitrogens is 2. The standard InChI is InChI=1S/C28H25F3IN5O4/c29-17-5-3-6-19(15-17)36(25(39)22-16-41-27(40)37(22)26-33-13-4-14-34-26)23(20-7-1-2-8-21(20)32)24(38)35-18-9-11-28(30,31)12-10-18/h1-8,13-15,18,22-23H,9-12,16H2,(H,35,38)/t22-,23-/m0/s1. The van der Waals surface area contributed by atoms with Crippen LogP contribution in [0.2, 0.25) is 0 Å². The van der Waals surface area contributed by atoms with Crippen LogP contribution in [0.4, 0.5) is 29.6 Å². The molecule has 5 rings (SSSR count). The van der Waals surface area contributed by atoms with E-state index in [1.807, 2.05) is 22.6 Å². The van der Waals surface area contributed by atoms with Crippen LogP contribution in [0, 0.1) is 9.39 Å². The summed E-state index contributed by atoms with van der Waals surface area (Å²) in [6, 6.07) is 10.4. The number of cyclic esters (lactones) is 1. The van der Waals surface area contributed by atoms with E-state index in [-0.39, 0.29) is 43.9 Å². The smallest absolute Gasteiger partial charge is 0.417 e. The largest absolute Gasteiger partial charge is 0.446 e. The number of carbonyl (C=O) groups excluding carboxylic acids is 3. The summed E-state index contributed by atoms with van der Waals surface area (Å²) in [5.41, 5.74) is 0.482. The number of benzene rings is 2. The molecule has 0 bridgehead atoms. The molecule has 41 heavy (non-hydrogen) atoms. The first kappa shape index (κ1) is 28.8. The van der Waals surface area contributed by atoms with Crippen molar-refractivity contribution in [3.05, 3.63) is 81.9 Å². The van der Waals surface area contributed by atoms with Gasteiger partial charge in [-0.3, -0.25) is 14.5 Å². The van der Waals surface area contributed by atoms with Crippen molar-refractivity contribution in [1.82, 2.24) is 15.3 Å². The van der Waals surface area contributed by atoms with E-state index in [1.54, 1.807) is 30.3 Å². The Balaban J connectivity index is 1.58. The molecule has 2 aliphatic rings. The molecule has 214 valence electrons. The van der Waals surface area contributed by atoms with Crippen LogP contribution in [0.3, 0.4) is 0 Å². The van der Waals surface area contributed by atoms with Crippen LogP contribution < -0.4 is 15.1 Å². The fourth-order valence-corrected chi connectivity index (χ4v) is 5.67. The van der Waals surface area contributed by atoms with Gasteiger partial charge in [-0.2, -0.15) is 0 Å². The maximum atomic E-state index is 14.5. The van der Waals surface area contributed by atoms with Crippen molar-refractivity contribution in [2.75, 3.05) is 16.4 Å². The van der Waals surface area contributed by atoms with E-state index < -0.39 is 47.8 Å². The molecule has 3 amide bonds. The number of amides is 3. The van der Waals surface area contributed by atoms with Gasteiger partial charge in [0.25, 0.3) is 5.91 Å². The second-order valence-electron chi connectivity index (χ2n) is 9.76. The minimum Gasteiger partial charge on any atom is -0.446 e. The first-order chi connectivity index (χ1) is 19.6. The van der Waals surface area contributed by atoms with Crippen LogP contribution in [0.25, 0.3) is 0 Å². The third-order valence-corrected chi connectivity index (χ3v) is 8.00.